The smallest absolute Gasteiger partial charge is 0.141 e. The van der Waals surface area contributed by atoms with Crippen LogP contribution in [-0.2, 0) is 6.61 Å². The van der Waals surface area contributed by atoms with Crippen LogP contribution in [0.4, 0.5) is 15.9 Å². The van der Waals surface area contributed by atoms with Gasteiger partial charge in [0, 0.05) is 22.4 Å². The zero-order valence-corrected chi connectivity index (χ0v) is 23.2. The maximum absolute atomic E-state index is 13.5. The van der Waals surface area contributed by atoms with Crippen LogP contribution in [0.1, 0.15) is 17.4 Å². The van der Waals surface area contributed by atoms with Crippen LogP contribution in [-0.4, -0.2) is 28.5 Å². The Morgan fingerprint density at radius 3 is 2.80 bits per heavy atom. The SMILES string of the molecule is C#CCN[C@H](CSC)c1ccc(-c2ccc3ncnc(Nc4ccc(OCc5cccc(F)c5)c(Cl)c4)c3c2)o1. The van der Waals surface area contributed by atoms with E-state index in [1.54, 1.807) is 36.0 Å². The summed E-state index contributed by atoms with van der Waals surface area (Å²) < 4.78 is 25.5. The van der Waals surface area contributed by atoms with Gasteiger partial charge in [-0.15, -0.1) is 6.42 Å². The number of nitrogens with zero attached hydrogens (tertiary/aromatic N) is 2. The van der Waals surface area contributed by atoms with Crippen LogP contribution >= 0.6 is 23.4 Å². The molecule has 0 spiro atoms. The van der Waals surface area contributed by atoms with E-state index in [1.807, 2.05) is 42.7 Å². The van der Waals surface area contributed by atoms with Crippen molar-refractivity contribution in [1.29, 1.82) is 0 Å². The van der Waals surface area contributed by atoms with Gasteiger partial charge in [-0.3, -0.25) is 5.32 Å². The zero-order chi connectivity index (χ0) is 27.9. The van der Waals surface area contributed by atoms with Gasteiger partial charge < -0.3 is 14.5 Å². The van der Waals surface area contributed by atoms with Crippen molar-refractivity contribution in [3.05, 3.63) is 101 Å². The maximum atomic E-state index is 13.5. The van der Waals surface area contributed by atoms with Gasteiger partial charge in [0.2, 0.25) is 0 Å². The molecule has 5 rings (SSSR count). The molecule has 0 bridgehead atoms. The summed E-state index contributed by atoms with van der Waals surface area (Å²) >= 11 is 8.22. The largest absolute Gasteiger partial charge is 0.487 e. The van der Waals surface area contributed by atoms with E-state index in [1.165, 1.54) is 18.5 Å². The Balaban J connectivity index is 1.35. The van der Waals surface area contributed by atoms with Gasteiger partial charge in [-0.2, -0.15) is 11.8 Å². The van der Waals surface area contributed by atoms with E-state index in [2.05, 4.69) is 26.5 Å². The Labute approximate surface area is 241 Å². The van der Waals surface area contributed by atoms with Crippen LogP contribution in [0.2, 0.25) is 5.02 Å². The first kappa shape index (κ1) is 27.5. The molecule has 202 valence electrons. The van der Waals surface area contributed by atoms with Crippen molar-refractivity contribution in [2.75, 3.05) is 23.9 Å². The lowest BCUT2D eigenvalue weighted by atomic mass is 10.1. The summed E-state index contributed by atoms with van der Waals surface area (Å²) in [7, 11) is 0. The Morgan fingerprint density at radius 1 is 1.10 bits per heavy atom. The fraction of sp³-hybridized carbons (Fsp3) is 0.161. The molecule has 9 heteroatoms. The van der Waals surface area contributed by atoms with E-state index >= 15 is 0 Å². The number of halogens is 2. The first-order valence-electron chi connectivity index (χ1n) is 12.5. The molecule has 5 aromatic rings. The molecule has 3 aromatic carbocycles. The Kier molecular flexibility index (Phi) is 8.87. The van der Waals surface area contributed by atoms with Crippen LogP contribution in [0.15, 0.2) is 83.5 Å². The van der Waals surface area contributed by atoms with Gasteiger partial charge >= 0.3 is 0 Å². The Bertz CT molecular complexity index is 1670. The summed E-state index contributed by atoms with van der Waals surface area (Å²) in [5.41, 5.74) is 3.13. The number of hydrogen-bond donors (Lipinski definition) is 2. The highest BCUT2D eigenvalue weighted by Crippen LogP contribution is 2.33. The van der Waals surface area contributed by atoms with Crippen molar-refractivity contribution in [2.24, 2.45) is 0 Å². The lowest BCUT2D eigenvalue weighted by Gasteiger charge is -2.13. The molecule has 0 saturated heterocycles. The van der Waals surface area contributed by atoms with Crippen molar-refractivity contribution < 1.29 is 13.5 Å². The Morgan fingerprint density at radius 2 is 2.00 bits per heavy atom. The molecule has 0 unspecified atom stereocenters. The summed E-state index contributed by atoms with van der Waals surface area (Å²) in [6.45, 7) is 0.670. The molecule has 0 fully saturated rings. The van der Waals surface area contributed by atoms with E-state index in [4.69, 9.17) is 27.2 Å². The first-order chi connectivity index (χ1) is 19.5. The van der Waals surface area contributed by atoms with Crippen molar-refractivity contribution in [3.63, 3.8) is 0 Å². The molecule has 2 N–H and O–H groups in total. The number of aromatic nitrogens is 2. The van der Waals surface area contributed by atoms with Crippen molar-refractivity contribution in [1.82, 2.24) is 15.3 Å². The fourth-order valence-corrected chi connectivity index (χ4v) is 5.07. The molecule has 0 saturated carbocycles. The molecule has 0 amide bonds. The minimum Gasteiger partial charge on any atom is -0.487 e. The maximum Gasteiger partial charge on any atom is 0.141 e. The second-order valence-electron chi connectivity index (χ2n) is 8.94. The summed E-state index contributed by atoms with van der Waals surface area (Å²) in [5.74, 6) is 5.84. The number of terminal acetylenes is 1. The number of benzene rings is 3. The quantitative estimate of drug-likeness (QED) is 0.158. The van der Waals surface area contributed by atoms with Gasteiger partial charge in [-0.05, 0) is 72.5 Å². The van der Waals surface area contributed by atoms with Crippen molar-refractivity contribution >= 4 is 45.8 Å². The van der Waals surface area contributed by atoms with Gasteiger partial charge in [0.1, 0.15) is 41.8 Å². The molecular weight excluding hydrogens is 547 g/mol. The monoisotopic (exact) mass is 572 g/mol. The van der Waals surface area contributed by atoms with Crippen LogP contribution in [0, 0.1) is 18.2 Å². The normalized spacial score (nSPS) is 11.8. The molecule has 1 atom stereocenters. The zero-order valence-electron chi connectivity index (χ0n) is 21.7. The second-order valence-corrected chi connectivity index (χ2v) is 10.3. The number of anilines is 2. The number of nitrogens with one attached hydrogen (secondary N) is 2. The van der Waals surface area contributed by atoms with E-state index in [0.29, 0.717) is 28.7 Å². The standard InChI is InChI=1S/C31H26ClFN4O2S/c1-3-13-34-27(18-40-2)30-12-11-28(39-30)21-7-9-26-24(15-21)31(36-19-35-26)37-23-8-10-29(25(32)16-23)38-17-20-5-4-6-22(33)14-20/h1,4-12,14-16,19,27,34H,13,17-18H2,2H3,(H,35,36,37)/t27-/m1/s1. The highest BCUT2D eigenvalue weighted by Gasteiger charge is 2.16. The van der Waals surface area contributed by atoms with Gasteiger partial charge in [0.25, 0.3) is 0 Å². The highest BCUT2D eigenvalue weighted by molar-refractivity contribution is 7.98. The van der Waals surface area contributed by atoms with Gasteiger partial charge in [-0.1, -0.05) is 29.7 Å². The highest BCUT2D eigenvalue weighted by atomic mass is 35.5. The van der Waals surface area contributed by atoms with E-state index < -0.39 is 0 Å². The lowest BCUT2D eigenvalue weighted by Crippen LogP contribution is -2.23. The number of rotatable bonds is 11. The summed E-state index contributed by atoms with van der Waals surface area (Å²) in [4.78, 5) is 8.89. The molecule has 0 aliphatic carbocycles. The number of ether oxygens (including phenoxy) is 1. The van der Waals surface area contributed by atoms with Crippen molar-refractivity contribution in [3.8, 4) is 29.4 Å². The number of hydrogen-bond acceptors (Lipinski definition) is 7. The number of furan rings is 1. The predicted molar refractivity (Wildman–Crippen MR) is 161 cm³/mol. The summed E-state index contributed by atoms with van der Waals surface area (Å²) in [6, 6.07) is 21.5. The van der Waals surface area contributed by atoms with Crippen LogP contribution in [0.3, 0.4) is 0 Å². The summed E-state index contributed by atoms with van der Waals surface area (Å²) in [5, 5.41) is 7.91. The van der Waals surface area contributed by atoms with Crippen molar-refractivity contribution in [2.45, 2.75) is 12.6 Å². The predicted octanol–water partition coefficient (Wildman–Crippen LogP) is 7.63. The first-order valence-corrected chi connectivity index (χ1v) is 14.3. The molecule has 0 radical (unpaired) electrons. The molecule has 0 aliphatic rings. The third kappa shape index (κ3) is 6.57. The van der Waals surface area contributed by atoms with E-state index in [0.717, 1.165) is 39.4 Å². The van der Waals surface area contributed by atoms with Gasteiger partial charge in [0.05, 0.1) is 23.1 Å². The third-order valence-electron chi connectivity index (χ3n) is 6.15. The minimum absolute atomic E-state index is 0.0198. The summed E-state index contributed by atoms with van der Waals surface area (Å²) in [6.07, 6.45) is 8.99. The number of thioether (sulfide) groups is 1. The van der Waals surface area contributed by atoms with Crippen LogP contribution in [0.25, 0.3) is 22.2 Å². The van der Waals surface area contributed by atoms with E-state index in [9.17, 15) is 4.39 Å². The van der Waals surface area contributed by atoms with Gasteiger partial charge in [-0.25, -0.2) is 14.4 Å². The van der Waals surface area contributed by atoms with Crippen LogP contribution < -0.4 is 15.4 Å². The Hall–Kier alpha value is -4.03. The average Bonchev–Trinajstić information content (AvgIpc) is 3.45. The molecule has 40 heavy (non-hydrogen) atoms. The molecule has 2 heterocycles. The van der Waals surface area contributed by atoms with E-state index in [-0.39, 0.29) is 18.5 Å². The van der Waals surface area contributed by atoms with Crippen LogP contribution in [0.5, 0.6) is 5.75 Å². The average molecular weight is 573 g/mol. The number of fused-ring (bicyclic) bond motifs is 1. The minimum atomic E-state index is -0.309. The third-order valence-corrected chi connectivity index (χ3v) is 7.11. The molecule has 6 nitrogen and oxygen atoms in total. The lowest BCUT2D eigenvalue weighted by molar-refractivity contribution is 0.306. The molecule has 0 aliphatic heterocycles. The molecular formula is C31H26ClFN4O2S. The second kappa shape index (κ2) is 12.9. The molecule has 2 aromatic heterocycles. The topological polar surface area (TPSA) is 72.2 Å². The fourth-order valence-electron chi connectivity index (χ4n) is 4.22. The van der Waals surface area contributed by atoms with Gasteiger partial charge in [0.15, 0.2) is 0 Å².